The average molecular weight is 359 g/mol. The van der Waals surface area contributed by atoms with Gasteiger partial charge in [-0.25, -0.2) is 4.79 Å². The molecule has 8 heteroatoms. The number of ketones is 1. The first-order valence-electron chi connectivity index (χ1n) is 8.63. The maximum absolute atomic E-state index is 11.8. The van der Waals surface area contributed by atoms with Crippen LogP contribution in [0.2, 0.25) is 0 Å². The van der Waals surface area contributed by atoms with Gasteiger partial charge in [-0.05, 0) is 46.5 Å². The van der Waals surface area contributed by atoms with Gasteiger partial charge in [-0.3, -0.25) is 9.59 Å². The Labute approximate surface area is 148 Å². The van der Waals surface area contributed by atoms with Crippen LogP contribution in [0.1, 0.15) is 59.3 Å². The fraction of sp³-hybridized carbons (Fsp3) is 0.824. The molecule has 0 aromatic rings. The van der Waals surface area contributed by atoms with Gasteiger partial charge in [0.2, 0.25) is 0 Å². The van der Waals surface area contributed by atoms with Crippen LogP contribution in [-0.4, -0.2) is 54.1 Å². The van der Waals surface area contributed by atoms with Gasteiger partial charge in [0, 0.05) is 19.6 Å². The van der Waals surface area contributed by atoms with Gasteiger partial charge >= 0.3 is 12.1 Å². The highest BCUT2D eigenvalue weighted by atomic mass is 16.7. The average Bonchev–Trinajstić information content (AvgIpc) is 2.45. The molecule has 1 heterocycles. The summed E-state index contributed by atoms with van der Waals surface area (Å²) in [7, 11) is 0. The van der Waals surface area contributed by atoms with Gasteiger partial charge in [-0.2, -0.15) is 0 Å². The first-order valence-corrected chi connectivity index (χ1v) is 8.63. The number of aliphatic carboxylic acids is 1. The Bertz CT molecular complexity index is 452. The molecule has 1 aliphatic heterocycles. The van der Waals surface area contributed by atoms with E-state index in [-0.39, 0.29) is 13.0 Å². The van der Waals surface area contributed by atoms with Gasteiger partial charge in [0.25, 0.3) is 0 Å². The SMILES string of the molecule is CC(C)(C)OC(=O)NCCC(CC(=O)CC(=O)O)OC1CCCCO1. The maximum atomic E-state index is 11.8. The molecule has 0 spiro atoms. The molecule has 1 amide bonds. The normalized spacial score (nSPS) is 19.1. The topological polar surface area (TPSA) is 111 Å². The van der Waals surface area contributed by atoms with Crippen molar-refractivity contribution in [2.75, 3.05) is 13.2 Å². The number of carboxylic acids is 1. The summed E-state index contributed by atoms with van der Waals surface area (Å²) in [4.78, 5) is 34.1. The van der Waals surface area contributed by atoms with Crippen molar-refractivity contribution in [1.29, 1.82) is 0 Å². The van der Waals surface area contributed by atoms with Crippen LogP contribution in [0.3, 0.4) is 0 Å². The summed E-state index contributed by atoms with van der Waals surface area (Å²) in [6.07, 6.45) is 1.06. The smallest absolute Gasteiger partial charge is 0.407 e. The van der Waals surface area contributed by atoms with Crippen LogP contribution in [0, 0.1) is 0 Å². The van der Waals surface area contributed by atoms with E-state index in [2.05, 4.69) is 5.32 Å². The number of carboxylic acid groups (broad SMARTS) is 1. The Balaban J connectivity index is 2.47. The fourth-order valence-corrected chi connectivity index (χ4v) is 2.40. The monoisotopic (exact) mass is 359 g/mol. The van der Waals surface area contributed by atoms with Gasteiger partial charge in [-0.1, -0.05) is 0 Å². The minimum Gasteiger partial charge on any atom is -0.481 e. The third-order valence-electron chi connectivity index (χ3n) is 3.42. The standard InChI is InChI=1S/C17H29NO7/c1-17(2,3)25-16(22)18-8-7-13(10-12(19)11-14(20)21)24-15-6-4-5-9-23-15/h13,15H,4-11H2,1-3H3,(H,18,22)(H,20,21). The van der Waals surface area contributed by atoms with Gasteiger partial charge in [-0.15, -0.1) is 0 Å². The maximum Gasteiger partial charge on any atom is 0.407 e. The first-order chi connectivity index (χ1) is 11.7. The Morgan fingerprint density at radius 2 is 2.00 bits per heavy atom. The Kier molecular flexibility index (Phi) is 8.85. The summed E-state index contributed by atoms with van der Waals surface area (Å²) in [5.41, 5.74) is -0.590. The second-order valence-corrected chi connectivity index (χ2v) is 7.08. The summed E-state index contributed by atoms with van der Waals surface area (Å²) in [5.74, 6) is -1.57. The molecule has 144 valence electrons. The predicted molar refractivity (Wildman–Crippen MR) is 89.2 cm³/mol. The molecule has 2 N–H and O–H groups in total. The second kappa shape index (κ2) is 10.4. The molecule has 1 rings (SSSR count). The Morgan fingerprint density at radius 1 is 1.28 bits per heavy atom. The highest BCUT2D eigenvalue weighted by Gasteiger charge is 2.23. The summed E-state index contributed by atoms with van der Waals surface area (Å²) in [6.45, 7) is 6.17. The first kappa shape index (κ1) is 21.4. The fourth-order valence-electron chi connectivity index (χ4n) is 2.40. The summed E-state index contributed by atoms with van der Waals surface area (Å²) in [5, 5.41) is 11.3. The lowest BCUT2D eigenvalue weighted by Gasteiger charge is -2.27. The van der Waals surface area contributed by atoms with Crippen LogP contribution in [0.5, 0.6) is 0 Å². The highest BCUT2D eigenvalue weighted by Crippen LogP contribution is 2.18. The van der Waals surface area contributed by atoms with Crippen LogP contribution < -0.4 is 5.32 Å². The molecule has 2 atom stereocenters. The lowest BCUT2D eigenvalue weighted by atomic mass is 10.1. The lowest BCUT2D eigenvalue weighted by Crippen LogP contribution is -2.36. The van der Waals surface area contributed by atoms with Crippen molar-refractivity contribution in [1.82, 2.24) is 5.32 Å². The van der Waals surface area contributed by atoms with E-state index in [1.807, 2.05) is 0 Å². The van der Waals surface area contributed by atoms with Crippen LogP contribution >= 0.6 is 0 Å². The molecule has 0 radical (unpaired) electrons. The van der Waals surface area contributed by atoms with E-state index < -0.39 is 42.3 Å². The van der Waals surface area contributed by atoms with Crippen LogP contribution in [-0.2, 0) is 23.8 Å². The van der Waals surface area contributed by atoms with Gasteiger partial charge in [0.15, 0.2) is 6.29 Å². The lowest BCUT2D eigenvalue weighted by molar-refractivity contribution is -0.190. The molecule has 1 aliphatic rings. The number of hydrogen-bond acceptors (Lipinski definition) is 6. The summed E-state index contributed by atoms with van der Waals surface area (Å²) >= 11 is 0. The zero-order chi connectivity index (χ0) is 18.9. The van der Waals surface area contributed by atoms with Crippen molar-refractivity contribution in [3.8, 4) is 0 Å². The molecule has 25 heavy (non-hydrogen) atoms. The molecular weight excluding hydrogens is 330 g/mol. The van der Waals surface area contributed by atoms with E-state index in [4.69, 9.17) is 19.3 Å². The molecule has 0 bridgehead atoms. The number of carbonyl (C=O) groups is 3. The number of rotatable bonds is 9. The van der Waals surface area contributed by atoms with Crippen molar-refractivity contribution < 1.29 is 33.7 Å². The molecule has 2 unspecified atom stereocenters. The van der Waals surface area contributed by atoms with Crippen LogP contribution in [0.25, 0.3) is 0 Å². The molecule has 0 saturated carbocycles. The Hall–Kier alpha value is -1.67. The highest BCUT2D eigenvalue weighted by molar-refractivity contribution is 5.94. The molecular formula is C17H29NO7. The van der Waals surface area contributed by atoms with Crippen molar-refractivity contribution in [3.05, 3.63) is 0 Å². The summed E-state index contributed by atoms with van der Waals surface area (Å²) in [6, 6.07) is 0. The largest absolute Gasteiger partial charge is 0.481 e. The molecule has 1 fully saturated rings. The van der Waals surface area contributed by atoms with E-state index in [9.17, 15) is 14.4 Å². The van der Waals surface area contributed by atoms with Crippen molar-refractivity contribution >= 4 is 17.8 Å². The number of amides is 1. The van der Waals surface area contributed by atoms with E-state index in [1.165, 1.54) is 0 Å². The quantitative estimate of drug-likeness (QED) is 0.607. The molecule has 1 saturated heterocycles. The van der Waals surface area contributed by atoms with E-state index in [0.29, 0.717) is 13.0 Å². The Morgan fingerprint density at radius 3 is 2.56 bits per heavy atom. The van der Waals surface area contributed by atoms with Crippen molar-refractivity contribution in [2.45, 2.75) is 77.3 Å². The minimum atomic E-state index is -1.16. The summed E-state index contributed by atoms with van der Waals surface area (Å²) < 4.78 is 16.4. The number of nitrogens with one attached hydrogen (secondary N) is 1. The van der Waals surface area contributed by atoms with Gasteiger partial charge in [0.05, 0.1) is 6.10 Å². The van der Waals surface area contributed by atoms with E-state index in [1.54, 1.807) is 20.8 Å². The van der Waals surface area contributed by atoms with Crippen molar-refractivity contribution in [2.24, 2.45) is 0 Å². The molecule has 0 aromatic heterocycles. The predicted octanol–water partition coefficient (Wildman–Crippen LogP) is 2.25. The van der Waals surface area contributed by atoms with Crippen LogP contribution in [0.4, 0.5) is 4.79 Å². The van der Waals surface area contributed by atoms with E-state index >= 15 is 0 Å². The van der Waals surface area contributed by atoms with Crippen LogP contribution in [0.15, 0.2) is 0 Å². The van der Waals surface area contributed by atoms with E-state index in [0.717, 1.165) is 19.3 Å². The minimum absolute atomic E-state index is 0.0256. The zero-order valence-electron chi connectivity index (χ0n) is 15.2. The molecule has 0 aromatic carbocycles. The number of Topliss-reactive ketones (excluding diaryl/α,β-unsaturated/α-hetero) is 1. The number of carbonyl (C=O) groups excluding carboxylic acids is 2. The second-order valence-electron chi connectivity index (χ2n) is 7.08. The molecule has 0 aliphatic carbocycles. The molecule has 8 nitrogen and oxygen atoms in total. The van der Waals surface area contributed by atoms with Gasteiger partial charge in [0.1, 0.15) is 17.8 Å². The third kappa shape index (κ3) is 10.7. The number of ether oxygens (including phenoxy) is 3. The third-order valence-corrected chi connectivity index (χ3v) is 3.42. The van der Waals surface area contributed by atoms with Crippen molar-refractivity contribution in [3.63, 3.8) is 0 Å². The zero-order valence-corrected chi connectivity index (χ0v) is 15.2. The van der Waals surface area contributed by atoms with Gasteiger partial charge < -0.3 is 24.6 Å². The number of alkyl carbamates (subject to hydrolysis) is 1. The number of hydrogen-bond donors (Lipinski definition) is 2.